The molecule has 10 nitrogen and oxygen atoms in total. The minimum Gasteiger partial charge on any atom is -0.479 e. The number of H-pyrrole nitrogens is 1. The molecule has 1 saturated heterocycles. The third-order valence-corrected chi connectivity index (χ3v) is 4.21. The van der Waals surface area contributed by atoms with Gasteiger partial charge in [-0.25, -0.2) is 9.97 Å². The fourth-order valence-corrected chi connectivity index (χ4v) is 2.93. The Balaban J connectivity index is 1.69. The molecule has 10 heteroatoms. The summed E-state index contributed by atoms with van der Waals surface area (Å²) in [6.45, 7) is 2.83. The lowest BCUT2D eigenvalue weighted by atomic mass is 10.3. The van der Waals surface area contributed by atoms with Gasteiger partial charge >= 0.3 is 0 Å². The second kappa shape index (κ2) is 6.64. The van der Waals surface area contributed by atoms with Crippen LogP contribution in [0.2, 0.25) is 0 Å². The average Bonchev–Trinajstić information content (AvgIpc) is 3.27. The largest absolute Gasteiger partial charge is 0.479 e. The van der Waals surface area contributed by atoms with Crippen LogP contribution < -0.4 is 15.0 Å². The zero-order valence-electron chi connectivity index (χ0n) is 14.5. The highest BCUT2D eigenvalue weighted by molar-refractivity contribution is 6.04. The number of imidazole rings is 1. The van der Waals surface area contributed by atoms with Gasteiger partial charge in [0.2, 0.25) is 11.8 Å². The molecule has 0 spiro atoms. The highest BCUT2D eigenvalue weighted by Gasteiger charge is 2.20. The van der Waals surface area contributed by atoms with E-state index < -0.39 is 0 Å². The van der Waals surface area contributed by atoms with E-state index in [2.05, 4.69) is 30.3 Å². The molecular weight excluding hydrogens is 338 g/mol. The first-order valence-corrected chi connectivity index (χ1v) is 8.21. The zero-order chi connectivity index (χ0) is 18.1. The topological polar surface area (TPSA) is 110 Å². The summed E-state index contributed by atoms with van der Waals surface area (Å²) in [7, 11) is 3.30. The van der Waals surface area contributed by atoms with E-state index in [0.717, 1.165) is 18.8 Å². The van der Waals surface area contributed by atoms with Crippen molar-refractivity contribution in [2.75, 3.05) is 43.6 Å². The van der Waals surface area contributed by atoms with Gasteiger partial charge in [-0.05, 0) is 0 Å². The number of aromatic amines is 1. The van der Waals surface area contributed by atoms with E-state index in [9.17, 15) is 4.79 Å². The molecule has 0 radical (unpaired) electrons. The minimum absolute atomic E-state index is 0.294. The van der Waals surface area contributed by atoms with E-state index in [0.29, 0.717) is 41.6 Å². The monoisotopic (exact) mass is 357 g/mol. The molecule has 1 amide bonds. The number of carbonyl (C=O) groups excluding carboxylic acids is 1. The highest BCUT2D eigenvalue weighted by Crippen LogP contribution is 2.31. The molecule has 1 fully saturated rings. The molecule has 0 unspecified atom stereocenters. The van der Waals surface area contributed by atoms with Crippen LogP contribution in [0.5, 0.6) is 5.88 Å². The van der Waals surface area contributed by atoms with Crippen molar-refractivity contribution >= 4 is 28.6 Å². The number of amides is 1. The van der Waals surface area contributed by atoms with E-state index in [1.807, 2.05) is 0 Å². The normalized spacial score (nSPS) is 14.6. The van der Waals surface area contributed by atoms with Gasteiger partial charge in [-0.2, -0.15) is 5.10 Å². The maximum Gasteiger partial charge on any atom is 0.261 e. The van der Waals surface area contributed by atoms with Crippen molar-refractivity contribution in [3.05, 3.63) is 24.2 Å². The van der Waals surface area contributed by atoms with Gasteiger partial charge in [0, 0.05) is 26.3 Å². The number of anilines is 2. The van der Waals surface area contributed by atoms with Gasteiger partial charge in [0.25, 0.3) is 5.91 Å². The van der Waals surface area contributed by atoms with Gasteiger partial charge in [0.1, 0.15) is 11.0 Å². The predicted molar refractivity (Wildman–Crippen MR) is 94.6 cm³/mol. The molecule has 3 aromatic rings. The quantitative estimate of drug-likeness (QED) is 0.710. The van der Waals surface area contributed by atoms with E-state index >= 15 is 0 Å². The molecular formula is C16H19N7O3. The average molecular weight is 357 g/mol. The number of ether oxygens (including phenoxy) is 2. The highest BCUT2D eigenvalue weighted by atomic mass is 16.5. The third-order valence-electron chi connectivity index (χ3n) is 4.21. The van der Waals surface area contributed by atoms with E-state index in [1.54, 1.807) is 31.2 Å². The van der Waals surface area contributed by atoms with Crippen LogP contribution in [0.1, 0.15) is 10.4 Å². The fourth-order valence-electron chi connectivity index (χ4n) is 2.93. The third kappa shape index (κ3) is 2.94. The predicted octanol–water partition coefficient (Wildman–Crippen LogP) is 0.789. The van der Waals surface area contributed by atoms with Crippen molar-refractivity contribution < 1.29 is 14.3 Å². The summed E-state index contributed by atoms with van der Waals surface area (Å²) >= 11 is 0. The van der Waals surface area contributed by atoms with Crippen LogP contribution >= 0.6 is 0 Å². The Bertz CT molecular complexity index is 943. The lowest BCUT2D eigenvalue weighted by molar-refractivity contribution is 0.102. The number of rotatable bonds is 4. The van der Waals surface area contributed by atoms with Crippen LogP contribution in [0.3, 0.4) is 0 Å². The van der Waals surface area contributed by atoms with Crippen LogP contribution in [0.4, 0.5) is 11.6 Å². The molecule has 136 valence electrons. The van der Waals surface area contributed by atoms with Crippen molar-refractivity contribution in [3.8, 4) is 5.88 Å². The first kappa shape index (κ1) is 16.3. The smallest absolute Gasteiger partial charge is 0.261 e. The van der Waals surface area contributed by atoms with Crippen molar-refractivity contribution in [1.29, 1.82) is 0 Å². The first-order chi connectivity index (χ1) is 12.7. The molecule has 4 rings (SSSR count). The SMILES string of the molecule is COc1ncc(N2CCOCC2)c2nc(NC(=O)c3cnn(C)c3)[nH]c12. The number of fused-ring (bicyclic) bond motifs is 1. The Morgan fingerprint density at radius 2 is 2.15 bits per heavy atom. The maximum absolute atomic E-state index is 12.3. The van der Waals surface area contributed by atoms with Gasteiger partial charge in [0.05, 0.1) is 44.0 Å². The number of hydrogen-bond acceptors (Lipinski definition) is 7. The van der Waals surface area contributed by atoms with Crippen molar-refractivity contribution in [2.45, 2.75) is 0 Å². The number of carbonyl (C=O) groups is 1. The molecule has 4 heterocycles. The second-order valence-corrected chi connectivity index (χ2v) is 5.92. The van der Waals surface area contributed by atoms with Crippen LogP contribution in [0, 0.1) is 0 Å². The second-order valence-electron chi connectivity index (χ2n) is 5.92. The Morgan fingerprint density at radius 1 is 1.35 bits per heavy atom. The van der Waals surface area contributed by atoms with Gasteiger partial charge < -0.3 is 19.4 Å². The van der Waals surface area contributed by atoms with E-state index in [4.69, 9.17) is 9.47 Å². The van der Waals surface area contributed by atoms with Crippen LogP contribution in [0.15, 0.2) is 18.6 Å². The van der Waals surface area contributed by atoms with Gasteiger partial charge in [-0.3, -0.25) is 14.8 Å². The summed E-state index contributed by atoms with van der Waals surface area (Å²) in [6, 6.07) is 0. The van der Waals surface area contributed by atoms with Gasteiger partial charge in [-0.1, -0.05) is 0 Å². The zero-order valence-corrected chi connectivity index (χ0v) is 14.5. The number of morpholine rings is 1. The number of hydrogen-bond donors (Lipinski definition) is 2. The summed E-state index contributed by atoms with van der Waals surface area (Å²) < 4.78 is 12.3. The lowest BCUT2D eigenvalue weighted by Crippen LogP contribution is -2.36. The molecule has 0 atom stereocenters. The summed E-state index contributed by atoms with van der Waals surface area (Å²) in [5, 5.41) is 6.76. The molecule has 2 N–H and O–H groups in total. The molecule has 0 aromatic carbocycles. The lowest BCUT2D eigenvalue weighted by Gasteiger charge is -2.28. The molecule has 3 aromatic heterocycles. The number of methoxy groups -OCH3 is 1. The molecule has 0 bridgehead atoms. The summed E-state index contributed by atoms with van der Waals surface area (Å²) in [6.07, 6.45) is 4.87. The fraction of sp³-hybridized carbons (Fsp3) is 0.375. The molecule has 26 heavy (non-hydrogen) atoms. The standard InChI is InChI=1S/C16H19N7O3/c1-22-9-10(7-18-22)14(24)21-16-19-12-11(23-3-5-26-6-4-23)8-17-15(25-2)13(12)20-16/h7-9H,3-6H2,1-2H3,(H2,19,20,21,24). The van der Waals surface area contributed by atoms with Crippen molar-refractivity contribution in [3.63, 3.8) is 0 Å². The number of nitrogens with zero attached hydrogens (tertiary/aromatic N) is 5. The number of aryl methyl sites for hydroxylation is 1. The Labute approximate surface area is 149 Å². The number of pyridine rings is 1. The number of aromatic nitrogens is 5. The maximum atomic E-state index is 12.3. The molecule has 0 saturated carbocycles. The molecule has 1 aliphatic rings. The Hall–Kier alpha value is -3.14. The van der Waals surface area contributed by atoms with E-state index in [1.165, 1.54) is 6.20 Å². The van der Waals surface area contributed by atoms with Crippen LogP contribution in [-0.4, -0.2) is 64.1 Å². The van der Waals surface area contributed by atoms with Crippen LogP contribution in [-0.2, 0) is 11.8 Å². The summed E-state index contributed by atoms with van der Waals surface area (Å²) in [5.41, 5.74) is 2.66. The van der Waals surface area contributed by atoms with Crippen LogP contribution in [0.25, 0.3) is 11.0 Å². The van der Waals surface area contributed by atoms with E-state index in [-0.39, 0.29) is 5.91 Å². The van der Waals surface area contributed by atoms with Gasteiger partial charge in [0.15, 0.2) is 0 Å². The van der Waals surface area contributed by atoms with Crippen molar-refractivity contribution in [1.82, 2.24) is 24.7 Å². The molecule has 1 aliphatic heterocycles. The Morgan fingerprint density at radius 3 is 2.85 bits per heavy atom. The molecule has 0 aliphatic carbocycles. The van der Waals surface area contributed by atoms with Crippen molar-refractivity contribution in [2.24, 2.45) is 7.05 Å². The Kier molecular flexibility index (Phi) is 4.17. The summed E-state index contributed by atoms with van der Waals surface area (Å²) in [5.74, 6) is 0.457. The minimum atomic E-state index is -0.294. The van der Waals surface area contributed by atoms with Gasteiger partial charge in [-0.15, -0.1) is 0 Å². The summed E-state index contributed by atoms with van der Waals surface area (Å²) in [4.78, 5) is 26.5. The number of nitrogens with one attached hydrogen (secondary N) is 2. The first-order valence-electron chi connectivity index (χ1n) is 8.21.